The van der Waals surface area contributed by atoms with Crippen molar-refractivity contribution in [2.45, 2.75) is 20.0 Å². The molecular weight excluding hydrogens is 390 g/mol. The molecule has 4 heteroatoms. The predicted molar refractivity (Wildman–Crippen MR) is 125 cm³/mol. The highest BCUT2D eigenvalue weighted by Crippen LogP contribution is 2.40. The van der Waals surface area contributed by atoms with Crippen molar-refractivity contribution in [2.75, 3.05) is 0 Å². The van der Waals surface area contributed by atoms with Gasteiger partial charge in [-0.25, -0.2) is 0 Å². The summed E-state index contributed by atoms with van der Waals surface area (Å²) >= 11 is 1.97. The molecule has 29 heavy (non-hydrogen) atoms. The highest BCUT2D eigenvalue weighted by atomic mass is 32.1. The molecule has 0 aliphatic carbocycles. The van der Waals surface area contributed by atoms with E-state index in [1.54, 1.807) is 9.69 Å². The molecule has 0 fully saturated rings. The second-order valence-corrected chi connectivity index (χ2v) is 14.2. The van der Waals surface area contributed by atoms with E-state index in [1.165, 1.54) is 38.2 Å². The first-order chi connectivity index (χ1) is 14.0. The van der Waals surface area contributed by atoms with Crippen molar-refractivity contribution >= 4 is 51.0 Å². The normalized spacial score (nSPS) is 14.5. The minimum atomic E-state index is -1.67. The van der Waals surface area contributed by atoms with Crippen LogP contribution >= 0.6 is 11.3 Å². The van der Waals surface area contributed by atoms with Gasteiger partial charge in [0, 0.05) is 16.3 Å². The Morgan fingerprint density at radius 1 is 0.897 bits per heavy atom. The zero-order valence-electron chi connectivity index (χ0n) is 17.0. The molecule has 0 bridgehead atoms. The Morgan fingerprint density at radius 2 is 1.66 bits per heavy atom. The third-order valence-corrected chi connectivity index (χ3v) is 12.5. The van der Waals surface area contributed by atoms with E-state index in [9.17, 15) is 0 Å². The summed E-state index contributed by atoms with van der Waals surface area (Å²) in [7, 11) is 0.546. The number of thiazole rings is 1. The molecule has 2 aromatic heterocycles. The van der Waals surface area contributed by atoms with Crippen LogP contribution in [0.5, 0.6) is 0 Å². The van der Waals surface area contributed by atoms with Crippen LogP contribution in [0.2, 0.25) is 13.1 Å². The Labute approximate surface area is 175 Å². The maximum absolute atomic E-state index is 6.40. The van der Waals surface area contributed by atoms with Gasteiger partial charge in [0.1, 0.15) is 26.3 Å². The molecule has 0 saturated carbocycles. The molecule has 0 atom stereocenters. The van der Waals surface area contributed by atoms with Gasteiger partial charge in [0.15, 0.2) is 5.58 Å². The number of hydrogen-bond acceptors (Lipinski definition) is 2. The molecule has 3 heterocycles. The van der Waals surface area contributed by atoms with Gasteiger partial charge >= 0.3 is 0 Å². The summed E-state index contributed by atoms with van der Waals surface area (Å²) in [4.78, 5) is 0. The van der Waals surface area contributed by atoms with Gasteiger partial charge in [-0.2, -0.15) is 4.57 Å². The zero-order chi connectivity index (χ0) is 19.9. The molecule has 0 radical (unpaired) electrons. The first-order valence-corrected chi connectivity index (χ1v) is 13.8. The van der Waals surface area contributed by atoms with Gasteiger partial charge in [0.25, 0.3) is 5.01 Å². The van der Waals surface area contributed by atoms with Gasteiger partial charge in [-0.3, -0.25) is 0 Å². The van der Waals surface area contributed by atoms with Crippen LogP contribution in [0, 0.1) is 6.92 Å². The maximum Gasteiger partial charge on any atom is 0.273 e. The van der Waals surface area contributed by atoms with E-state index < -0.39 is 8.07 Å². The topological polar surface area (TPSA) is 17.0 Å². The lowest BCUT2D eigenvalue weighted by Crippen LogP contribution is -2.48. The number of rotatable bonds is 1. The number of benzene rings is 3. The monoisotopic (exact) mass is 412 g/mol. The summed E-state index contributed by atoms with van der Waals surface area (Å²) in [6.07, 6.45) is 0. The first-order valence-electron chi connectivity index (χ1n) is 10.0. The van der Waals surface area contributed by atoms with Gasteiger partial charge in [0.2, 0.25) is 5.69 Å². The first kappa shape index (κ1) is 17.2. The quantitative estimate of drug-likeness (QED) is 0.271. The number of aromatic nitrogens is 1. The molecule has 0 spiro atoms. The van der Waals surface area contributed by atoms with Crippen molar-refractivity contribution in [3.63, 3.8) is 0 Å². The molecule has 142 valence electrons. The highest BCUT2D eigenvalue weighted by Gasteiger charge is 2.46. The van der Waals surface area contributed by atoms with E-state index in [0.717, 1.165) is 11.2 Å². The summed E-state index contributed by atoms with van der Waals surface area (Å²) in [5.41, 5.74) is 7.29. The van der Waals surface area contributed by atoms with Crippen LogP contribution in [0.4, 0.5) is 0 Å². The van der Waals surface area contributed by atoms with Crippen molar-refractivity contribution in [2.24, 2.45) is 7.05 Å². The van der Waals surface area contributed by atoms with Crippen molar-refractivity contribution in [3.8, 4) is 21.8 Å². The van der Waals surface area contributed by atoms with Gasteiger partial charge in [-0.05, 0) is 29.8 Å². The second kappa shape index (κ2) is 5.68. The second-order valence-electron chi connectivity index (χ2n) is 8.55. The van der Waals surface area contributed by atoms with Gasteiger partial charge in [-0.15, -0.1) is 0 Å². The van der Waals surface area contributed by atoms with E-state index in [1.807, 2.05) is 17.4 Å². The molecule has 2 nitrogen and oxygen atoms in total. The van der Waals surface area contributed by atoms with Crippen LogP contribution in [0.25, 0.3) is 43.8 Å². The van der Waals surface area contributed by atoms with E-state index in [0.29, 0.717) is 0 Å². The standard InChI is InChI=1S/C25H22NOSSi/c1-15-13-14-17-16-9-5-7-11-19(16)27-23(17)21(15)24-26(2)22-18-10-6-8-12-20(18)29(3,4)25(22)28-24/h5-14H,1-4H3/q+1. The molecule has 6 rings (SSSR count). The van der Waals surface area contributed by atoms with E-state index in [2.05, 4.69) is 86.2 Å². The van der Waals surface area contributed by atoms with E-state index >= 15 is 0 Å². The van der Waals surface area contributed by atoms with Gasteiger partial charge in [-0.1, -0.05) is 73.0 Å². The summed E-state index contributed by atoms with van der Waals surface area (Å²) in [5, 5.41) is 5.25. The largest absolute Gasteiger partial charge is 0.455 e. The van der Waals surface area contributed by atoms with Crippen molar-refractivity contribution in [3.05, 3.63) is 66.2 Å². The molecule has 0 amide bonds. The maximum atomic E-state index is 6.40. The number of furan rings is 1. The average molecular weight is 413 g/mol. The molecule has 0 unspecified atom stereocenters. The summed E-state index contributed by atoms with van der Waals surface area (Å²) < 4.78 is 10.4. The predicted octanol–water partition coefficient (Wildman–Crippen LogP) is 5.25. The average Bonchev–Trinajstić information content (AvgIpc) is 3.32. The zero-order valence-corrected chi connectivity index (χ0v) is 18.9. The fraction of sp³-hybridized carbons (Fsp3) is 0.160. The molecule has 1 aliphatic heterocycles. The number of nitrogens with zero attached hydrogens (tertiary/aromatic N) is 1. The van der Waals surface area contributed by atoms with Crippen molar-refractivity contribution < 1.29 is 8.98 Å². The highest BCUT2D eigenvalue weighted by molar-refractivity contribution is 7.32. The van der Waals surface area contributed by atoms with E-state index in [-0.39, 0.29) is 0 Å². The molecule has 0 N–H and O–H groups in total. The number of aryl methyl sites for hydroxylation is 1. The van der Waals surface area contributed by atoms with Crippen molar-refractivity contribution in [1.82, 2.24) is 0 Å². The van der Waals surface area contributed by atoms with Gasteiger partial charge in [0.05, 0.1) is 4.50 Å². The minimum Gasteiger partial charge on any atom is -0.455 e. The summed E-state index contributed by atoms with van der Waals surface area (Å²) in [6.45, 7) is 7.16. The van der Waals surface area contributed by atoms with Crippen LogP contribution in [-0.4, -0.2) is 8.07 Å². The lowest BCUT2D eigenvalue weighted by Gasteiger charge is -2.15. The Bertz CT molecular complexity index is 1460. The Hall–Kier alpha value is -2.69. The van der Waals surface area contributed by atoms with Crippen LogP contribution < -0.4 is 14.3 Å². The Morgan fingerprint density at radius 3 is 2.52 bits per heavy atom. The summed E-state index contributed by atoms with van der Waals surface area (Å²) in [6, 6.07) is 21.8. The fourth-order valence-electron chi connectivity index (χ4n) is 4.92. The van der Waals surface area contributed by atoms with Crippen LogP contribution in [0.3, 0.4) is 0 Å². The molecule has 3 aromatic carbocycles. The third-order valence-electron chi connectivity index (χ3n) is 6.45. The lowest BCUT2D eigenvalue weighted by atomic mass is 10.0. The smallest absolute Gasteiger partial charge is 0.273 e. The molecular formula is C25H22NOSSi+. The number of hydrogen-bond donors (Lipinski definition) is 0. The van der Waals surface area contributed by atoms with Crippen molar-refractivity contribution in [1.29, 1.82) is 0 Å². The number of fused-ring (bicyclic) bond motifs is 6. The SMILES string of the molecule is Cc1ccc2c(oc3ccccc32)c1-c1sc2c([n+]1C)-c1ccccc1[Si]2(C)C. The van der Waals surface area contributed by atoms with Gasteiger partial charge < -0.3 is 4.42 Å². The molecule has 0 saturated heterocycles. The molecule has 5 aromatic rings. The van der Waals surface area contributed by atoms with Crippen LogP contribution in [0.1, 0.15) is 5.56 Å². The van der Waals surface area contributed by atoms with E-state index in [4.69, 9.17) is 4.42 Å². The Kier molecular flexibility index (Phi) is 3.37. The lowest BCUT2D eigenvalue weighted by molar-refractivity contribution is -0.644. The summed E-state index contributed by atoms with van der Waals surface area (Å²) in [5.74, 6) is 0. The Balaban J connectivity index is 1.71. The molecule has 1 aliphatic rings. The van der Waals surface area contributed by atoms with Crippen LogP contribution in [0.15, 0.2) is 65.1 Å². The fourth-order valence-corrected chi connectivity index (χ4v) is 10.2. The third kappa shape index (κ3) is 2.13. The number of para-hydroxylation sites is 1. The van der Waals surface area contributed by atoms with Crippen LogP contribution in [-0.2, 0) is 7.05 Å². The minimum absolute atomic E-state index is 0.959.